The van der Waals surface area contributed by atoms with Gasteiger partial charge in [0, 0.05) is 22.7 Å². The molecule has 0 amide bonds. The van der Waals surface area contributed by atoms with Gasteiger partial charge in [0.2, 0.25) is 0 Å². The Morgan fingerprint density at radius 1 is 1.14 bits per heavy atom. The highest BCUT2D eigenvalue weighted by Crippen LogP contribution is 2.35. The Morgan fingerprint density at radius 3 is 2.71 bits per heavy atom. The molecule has 0 N–H and O–H groups in total. The molecule has 5 nitrogen and oxygen atoms in total. The number of nitrogens with zero attached hydrogens (tertiary/aromatic N) is 3. The number of carbonyl (C=O) groups excluding carboxylic acids is 1. The second-order valence-corrected chi connectivity index (χ2v) is 8.27. The number of carbonyl (C=O) groups is 1. The van der Waals surface area contributed by atoms with E-state index >= 15 is 0 Å². The molecule has 4 rings (SSSR count). The average Bonchev–Trinajstić information content (AvgIpc) is 3.14. The molecule has 28 heavy (non-hydrogen) atoms. The summed E-state index contributed by atoms with van der Waals surface area (Å²) in [7, 11) is 1.64. The molecule has 0 radical (unpaired) electrons. The van der Waals surface area contributed by atoms with Crippen molar-refractivity contribution in [3.63, 3.8) is 0 Å². The summed E-state index contributed by atoms with van der Waals surface area (Å²) in [6, 6.07) is 15.3. The lowest BCUT2D eigenvalue weighted by atomic mass is 9.99. The molecule has 3 aromatic rings. The van der Waals surface area contributed by atoms with Crippen molar-refractivity contribution in [3.8, 4) is 22.8 Å². The summed E-state index contributed by atoms with van der Waals surface area (Å²) >= 11 is 7.58. The van der Waals surface area contributed by atoms with Crippen LogP contribution in [-0.4, -0.2) is 32.9 Å². The van der Waals surface area contributed by atoms with Crippen molar-refractivity contribution in [3.05, 3.63) is 53.6 Å². The molecule has 1 heterocycles. The summed E-state index contributed by atoms with van der Waals surface area (Å²) in [5.41, 5.74) is 1.79. The second-order valence-electron chi connectivity index (χ2n) is 6.67. The molecule has 2 aromatic carbocycles. The molecule has 1 aromatic heterocycles. The van der Waals surface area contributed by atoms with Crippen molar-refractivity contribution in [2.75, 3.05) is 7.11 Å². The highest BCUT2D eigenvalue weighted by atomic mass is 35.5. The monoisotopic (exact) mass is 413 g/mol. The largest absolute Gasteiger partial charge is 0.497 e. The Bertz CT molecular complexity index is 988. The fraction of sp³-hybridized carbons (Fsp3) is 0.286. The number of ketones is 1. The van der Waals surface area contributed by atoms with E-state index in [1.54, 1.807) is 7.11 Å². The van der Waals surface area contributed by atoms with Crippen LogP contribution in [0.1, 0.15) is 25.7 Å². The summed E-state index contributed by atoms with van der Waals surface area (Å²) in [5.74, 6) is 1.75. The van der Waals surface area contributed by atoms with Gasteiger partial charge in [0.15, 0.2) is 11.0 Å². The first-order valence-electron chi connectivity index (χ1n) is 9.21. The topological polar surface area (TPSA) is 57.0 Å². The second kappa shape index (κ2) is 8.37. The molecular formula is C21H20ClN3O2S. The number of hydrogen-bond donors (Lipinski definition) is 0. The molecular weight excluding hydrogens is 394 g/mol. The molecule has 0 unspecified atom stereocenters. The molecule has 0 bridgehead atoms. The van der Waals surface area contributed by atoms with E-state index in [0.29, 0.717) is 28.2 Å². The maximum atomic E-state index is 12.3. The molecule has 144 valence electrons. The Morgan fingerprint density at radius 2 is 1.96 bits per heavy atom. The van der Waals surface area contributed by atoms with Gasteiger partial charge >= 0.3 is 0 Å². The molecule has 7 heteroatoms. The SMILES string of the molecule is COc1cccc(-c2nnc(S[C@H]3CCCCC3=O)n2-c2ccc(Cl)cc2)c1. The number of hydrogen-bond acceptors (Lipinski definition) is 5. The van der Waals surface area contributed by atoms with Gasteiger partial charge in [-0.3, -0.25) is 9.36 Å². The first-order chi connectivity index (χ1) is 13.7. The van der Waals surface area contributed by atoms with Gasteiger partial charge in [0.25, 0.3) is 0 Å². The lowest BCUT2D eigenvalue weighted by Gasteiger charge is -2.20. The Balaban J connectivity index is 1.79. The summed E-state index contributed by atoms with van der Waals surface area (Å²) in [5, 5.41) is 10.2. The maximum Gasteiger partial charge on any atom is 0.196 e. The van der Waals surface area contributed by atoms with Gasteiger partial charge in [0.1, 0.15) is 11.5 Å². The van der Waals surface area contributed by atoms with Crippen LogP contribution in [0.2, 0.25) is 5.02 Å². The minimum absolute atomic E-state index is 0.0674. The third kappa shape index (κ3) is 3.93. The smallest absolute Gasteiger partial charge is 0.196 e. The van der Waals surface area contributed by atoms with E-state index in [1.165, 1.54) is 11.8 Å². The molecule has 1 aliphatic carbocycles. The van der Waals surface area contributed by atoms with E-state index in [-0.39, 0.29) is 5.25 Å². The summed E-state index contributed by atoms with van der Waals surface area (Å²) in [6.07, 6.45) is 3.58. The zero-order chi connectivity index (χ0) is 19.5. The van der Waals surface area contributed by atoms with Crippen molar-refractivity contribution in [1.82, 2.24) is 14.8 Å². The first kappa shape index (κ1) is 19.0. The van der Waals surface area contributed by atoms with E-state index < -0.39 is 0 Å². The van der Waals surface area contributed by atoms with Gasteiger partial charge in [-0.25, -0.2) is 0 Å². The van der Waals surface area contributed by atoms with Gasteiger partial charge in [-0.05, 0) is 49.2 Å². The van der Waals surface area contributed by atoms with Crippen LogP contribution in [0.3, 0.4) is 0 Å². The van der Waals surface area contributed by atoms with Crippen molar-refractivity contribution >= 4 is 29.1 Å². The highest BCUT2D eigenvalue weighted by molar-refractivity contribution is 8.00. The fourth-order valence-electron chi connectivity index (χ4n) is 3.32. The van der Waals surface area contributed by atoms with E-state index in [1.807, 2.05) is 53.1 Å². The van der Waals surface area contributed by atoms with Gasteiger partial charge in [-0.1, -0.05) is 41.9 Å². The van der Waals surface area contributed by atoms with Crippen LogP contribution in [0.4, 0.5) is 0 Å². The van der Waals surface area contributed by atoms with Gasteiger partial charge in [-0.15, -0.1) is 10.2 Å². The molecule has 0 spiro atoms. The minimum atomic E-state index is -0.0674. The molecule has 1 aliphatic rings. The number of methoxy groups -OCH3 is 1. The van der Waals surface area contributed by atoms with Crippen molar-refractivity contribution < 1.29 is 9.53 Å². The summed E-state index contributed by atoms with van der Waals surface area (Å²) in [6.45, 7) is 0. The number of halogens is 1. The Hall–Kier alpha value is -2.31. The molecule has 0 aliphatic heterocycles. The van der Waals surface area contributed by atoms with Crippen molar-refractivity contribution in [2.45, 2.75) is 36.1 Å². The summed E-state index contributed by atoms with van der Waals surface area (Å²) < 4.78 is 7.34. The molecule has 1 fully saturated rings. The summed E-state index contributed by atoms with van der Waals surface area (Å²) in [4.78, 5) is 12.3. The van der Waals surface area contributed by atoms with Crippen LogP contribution in [-0.2, 0) is 4.79 Å². The lowest BCUT2D eigenvalue weighted by molar-refractivity contribution is -0.119. The standard InChI is InChI=1S/C21H20ClN3O2S/c1-27-17-6-4-5-14(13-17)20-23-24-21(28-19-8-3-2-7-18(19)26)25(20)16-11-9-15(22)10-12-16/h4-6,9-13,19H,2-3,7-8H2,1H3/t19-/m0/s1. The van der Waals surface area contributed by atoms with E-state index in [0.717, 1.165) is 36.3 Å². The van der Waals surface area contributed by atoms with Crippen molar-refractivity contribution in [1.29, 1.82) is 0 Å². The number of rotatable bonds is 5. The predicted octanol–water partition coefficient (Wildman–Crippen LogP) is 5.20. The van der Waals surface area contributed by atoms with Gasteiger partial charge in [0.05, 0.1) is 12.4 Å². The normalized spacial score (nSPS) is 16.9. The van der Waals surface area contributed by atoms with E-state index in [2.05, 4.69) is 10.2 Å². The third-order valence-electron chi connectivity index (χ3n) is 4.79. The zero-order valence-corrected chi connectivity index (χ0v) is 17.0. The number of thioether (sulfide) groups is 1. The maximum absolute atomic E-state index is 12.3. The predicted molar refractivity (Wildman–Crippen MR) is 111 cm³/mol. The molecule has 1 saturated carbocycles. The zero-order valence-electron chi connectivity index (χ0n) is 15.5. The fourth-order valence-corrected chi connectivity index (χ4v) is 4.62. The molecule has 1 atom stereocenters. The van der Waals surface area contributed by atoms with Crippen LogP contribution in [0.5, 0.6) is 5.75 Å². The lowest BCUT2D eigenvalue weighted by Crippen LogP contribution is -2.21. The van der Waals surface area contributed by atoms with Crippen molar-refractivity contribution in [2.24, 2.45) is 0 Å². The number of Topliss-reactive ketones (excluding diaryl/α,β-unsaturated/α-hetero) is 1. The van der Waals surface area contributed by atoms with Crippen LogP contribution in [0, 0.1) is 0 Å². The quantitative estimate of drug-likeness (QED) is 0.575. The van der Waals surface area contributed by atoms with E-state index in [9.17, 15) is 4.79 Å². The third-order valence-corrected chi connectivity index (χ3v) is 6.30. The van der Waals surface area contributed by atoms with Crippen LogP contribution in [0.25, 0.3) is 17.1 Å². The van der Waals surface area contributed by atoms with Gasteiger partial charge in [-0.2, -0.15) is 0 Å². The first-order valence-corrected chi connectivity index (χ1v) is 10.5. The number of benzene rings is 2. The average molecular weight is 414 g/mol. The number of aromatic nitrogens is 3. The van der Waals surface area contributed by atoms with Crippen LogP contribution >= 0.6 is 23.4 Å². The minimum Gasteiger partial charge on any atom is -0.497 e. The molecule has 0 saturated heterocycles. The Labute approximate surface area is 173 Å². The number of ether oxygens (including phenoxy) is 1. The van der Waals surface area contributed by atoms with E-state index in [4.69, 9.17) is 16.3 Å². The van der Waals surface area contributed by atoms with Crippen LogP contribution in [0.15, 0.2) is 53.7 Å². The highest BCUT2D eigenvalue weighted by Gasteiger charge is 2.27. The Kier molecular flexibility index (Phi) is 5.69. The van der Waals surface area contributed by atoms with Crippen LogP contribution < -0.4 is 4.74 Å². The van der Waals surface area contributed by atoms with Gasteiger partial charge < -0.3 is 4.74 Å².